The SMILES string of the molecule is Cc1cc(C=CC2=CC(=C(C#N)C#N)CC(C)(C)C2)c(O)c(-c2nc3ccccc3s2)c1. The zero-order valence-corrected chi connectivity index (χ0v) is 19.1. The van der Waals surface area contributed by atoms with Crippen molar-refractivity contribution in [2.45, 2.75) is 33.6 Å². The number of phenols is 1. The second-order valence-corrected chi connectivity index (χ2v) is 9.96. The average molecular weight is 438 g/mol. The molecule has 3 aromatic rings. The maximum Gasteiger partial charge on any atom is 0.133 e. The highest BCUT2D eigenvalue weighted by Gasteiger charge is 2.26. The lowest BCUT2D eigenvalue weighted by Gasteiger charge is -2.30. The quantitative estimate of drug-likeness (QED) is 0.444. The smallest absolute Gasteiger partial charge is 0.133 e. The Morgan fingerprint density at radius 1 is 1.12 bits per heavy atom. The van der Waals surface area contributed by atoms with Gasteiger partial charge in [0.25, 0.3) is 0 Å². The molecule has 32 heavy (non-hydrogen) atoms. The van der Waals surface area contributed by atoms with Gasteiger partial charge in [-0.2, -0.15) is 10.5 Å². The molecule has 0 spiro atoms. The molecule has 5 heteroatoms. The first kappa shape index (κ1) is 21.6. The van der Waals surface area contributed by atoms with Gasteiger partial charge in [-0.05, 0) is 66.2 Å². The summed E-state index contributed by atoms with van der Waals surface area (Å²) in [6.45, 7) is 6.27. The van der Waals surface area contributed by atoms with E-state index >= 15 is 0 Å². The molecule has 0 aliphatic heterocycles. The fourth-order valence-electron chi connectivity index (χ4n) is 4.17. The molecule has 0 radical (unpaired) electrons. The van der Waals surface area contributed by atoms with Crippen LogP contribution < -0.4 is 0 Å². The van der Waals surface area contributed by atoms with Crippen molar-refractivity contribution in [2.75, 3.05) is 0 Å². The lowest BCUT2D eigenvalue weighted by molar-refractivity contribution is 0.354. The van der Waals surface area contributed by atoms with Crippen molar-refractivity contribution < 1.29 is 5.11 Å². The minimum Gasteiger partial charge on any atom is -0.507 e. The molecule has 158 valence electrons. The lowest BCUT2D eigenvalue weighted by atomic mass is 9.74. The largest absolute Gasteiger partial charge is 0.507 e. The first-order valence-corrected chi connectivity index (χ1v) is 11.2. The Morgan fingerprint density at radius 2 is 1.88 bits per heavy atom. The Bertz CT molecular complexity index is 1340. The Morgan fingerprint density at radius 3 is 2.59 bits per heavy atom. The van der Waals surface area contributed by atoms with Crippen LogP contribution in [0.3, 0.4) is 0 Å². The summed E-state index contributed by atoms with van der Waals surface area (Å²) in [6.07, 6.45) is 7.34. The van der Waals surface area contributed by atoms with Gasteiger partial charge in [-0.1, -0.05) is 44.2 Å². The summed E-state index contributed by atoms with van der Waals surface area (Å²) in [4.78, 5) is 4.70. The zero-order chi connectivity index (χ0) is 22.9. The molecule has 1 N–H and O–H groups in total. The summed E-state index contributed by atoms with van der Waals surface area (Å²) in [5.41, 5.74) is 5.31. The van der Waals surface area contributed by atoms with Gasteiger partial charge in [0.2, 0.25) is 0 Å². The van der Waals surface area contributed by atoms with Crippen LogP contribution >= 0.6 is 11.3 Å². The highest BCUT2D eigenvalue weighted by Crippen LogP contribution is 2.41. The number of aromatic hydroxyl groups is 1. The molecule has 1 aromatic heterocycles. The second kappa shape index (κ2) is 8.46. The number of hydrogen-bond donors (Lipinski definition) is 1. The maximum atomic E-state index is 11.0. The topological polar surface area (TPSA) is 80.7 Å². The van der Waals surface area contributed by atoms with Crippen molar-refractivity contribution in [3.8, 4) is 28.5 Å². The highest BCUT2D eigenvalue weighted by molar-refractivity contribution is 7.21. The third-order valence-corrected chi connectivity index (χ3v) is 6.61. The Labute approximate surface area is 192 Å². The number of para-hydroxylation sites is 1. The minimum atomic E-state index is -0.0521. The highest BCUT2D eigenvalue weighted by atomic mass is 32.1. The van der Waals surface area contributed by atoms with Crippen LogP contribution in [0.15, 0.2) is 65.3 Å². The van der Waals surface area contributed by atoms with Crippen molar-refractivity contribution in [1.29, 1.82) is 10.5 Å². The van der Waals surface area contributed by atoms with Crippen LogP contribution in [0, 0.1) is 35.0 Å². The Hall–Kier alpha value is -3.67. The van der Waals surface area contributed by atoms with Crippen molar-refractivity contribution >= 4 is 27.6 Å². The molecule has 4 nitrogen and oxygen atoms in total. The zero-order valence-electron chi connectivity index (χ0n) is 18.3. The maximum absolute atomic E-state index is 11.0. The average Bonchev–Trinajstić information content (AvgIpc) is 3.18. The standard InChI is InChI=1S/C27H23N3OS/c1-17-10-19(9-8-18-12-20(21(15-28)16-29)14-27(2,3)13-18)25(31)22(11-17)26-30-23-6-4-5-7-24(23)32-26/h4-12,31H,13-14H2,1-3H3. The number of benzene rings is 2. The molecule has 0 fully saturated rings. The van der Waals surface area contributed by atoms with Crippen LogP contribution in [0.5, 0.6) is 5.75 Å². The Kier molecular flexibility index (Phi) is 5.70. The third-order valence-electron chi connectivity index (χ3n) is 5.54. The molecule has 0 bridgehead atoms. The number of thiazole rings is 1. The molecule has 0 amide bonds. The first-order valence-electron chi connectivity index (χ1n) is 10.4. The van der Waals surface area contributed by atoms with Gasteiger partial charge in [-0.15, -0.1) is 11.3 Å². The van der Waals surface area contributed by atoms with E-state index in [0.29, 0.717) is 6.42 Å². The minimum absolute atomic E-state index is 0.0521. The van der Waals surface area contributed by atoms with Gasteiger partial charge < -0.3 is 5.11 Å². The summed E-state index contributed by atoms with van der Waals surface area (Å²) in [6, 6.07) is 15.9. The fraction of sp³-hybridized carbons (Fsp3) is 0.222. The summed E-state index contributed by atoms with van der Waals surface area (Å²) in [7, 11) is 0. The number of fused-ring (bicyclic) bond motifs is 1. The summed E-state index contributed by atoms with van der Waals surface area (Å²) in [5, 5.41) is 30.4. The van der Waals surface area contributed by atoms with Crippen molar-refractivity contribution in [3.63, 3.8) is 0 Å². The number of aryl methyl sites for hydroxylation is 1. The molecule has 2 aromatic carbocycles. The summed E-state index contributed by atoms with van der Waals surface area (Å²) in [5.74, 6) is 0.201. The van der Waals surface area contributed by atoms with E-state index in [1.165, 1.54) is 0 Å². The molecule has 1 aliphatic carbocycles. The summed E-state index contributed by atoms with van der Waals surface area (Å²) >= 11 is 1.56. The van der Waals surface area contributed by atoms with Crippen molar-refractivity contribution in [2.24, 2.45) is 5.41 Å². The predicted octanol–water partition coefficient (Wildman–Crippen LogP) is 7.08. The molecule has 1 aliphatic rings. The van der Waals surface area contributed by atoms with E-state index < -0.39 is 0 Å². The van der Waals surface area contributed by atoms with Crippen LogP contribution in [0.2, 0.25) is 0 Å². The normalized spacial score (nSPS) is 15.4. The predicted molar refractivity (Wildman–Crippen MR) is 130 cm³/mol. The van der Waals surface area contributed by atoms with E-state index in [1.54, 1.807) is 11.3 Å². The Balaban J connectivity index is 1.74. The van der Waals surface area contributed by atoms with Gasteiger partial charge in [-0.3, -0.25) is 0 Å². The van der Waals surface area contributed by atoms with Crippen molar-refractivity contribution in [1.82, 2.24) is 4.98 Å². The number of allylic oxidation sites excluding steroid dienone is 5. The van der Waals surface area contributed by atoms with E-state index in [2.05, 4.69) is 13.8 Å². The van der Waals surface area contributed by atoms with E-state index in [0.717, 1.165) is 49.5 Å². The van der Waals surface area contributed by atoms with Crippen LogP contribution in [-0.2, 0) is 0 Å². The van der Waals surface area contributed by atoms with Crippen LogP contribution in [0.4, 0.5) is 0 Å². The van der Waals surface area contributed by atoms with Gasteiger partial charge in [0.1, 0.15) is 28.5 Å². The number of aromatic nitrogens is 1. The van der Waals surface area contributed by atoms with Gasteiger partial charge >= 0.3 is 0 Å². The van der Waals surface area contributed by atoms with Crippen LogP contribution in [0.1, 0.15) is 37.8 Å². The fourth-order valence-corrected chi connectivity index (χ4v) is 5.16. The second-order valence-electron chi connectivity index (χ2n) is 8.93. The van der Waals surface area contributed by atoms with Crippen LogP contribution in [0.25, 0.3) is 26.9 Å². The van der Waals surface area contributed by atoms with E-state index in [1.807, 2.05) is 73.7 Å². The van der Waals surface area contributed by atoms with Gasteiger partial charge in [0, 0.05) is 5.56 Å². The van der Waals surface area contributed by atoms with E-state index in [9.17, 15) is 15.6 Å². The van der Waals surface area contributed by atoms with Gasteiger partial charge in [0.15, 0.2) is 0 Å². The number of hydrogen-bond acceptors (Lipinski definition) is 5. The van der Waals surface area contributed by atoms with Gasteiger partial charge in [0.05, 0.1) is 15.8 Å². The molecular formula is C27H23N3OS. The molecule has 0 saturated carbocycles. The molecule has 0 atom stereocenters. The number of nitrogens with zero attached hydrogens (tertiary/aromatic N) is 3. The molecule has 4 rings (SSSR count). The van der Waals surface area contributed by atoms with Crippen molar-refractivity contribution in [3.05, 3.63) is 76.4 Å². The van der Waals surface area contributed by atoms with Gasteiger partial charge in [-0.25, -0.2) is 4.98 Å². The molecule has 0 saturated heterocycles. The number of phenolic OH excluding ortho intramolecular Hbond substituents is 1. The number of nitriles is 2. The molecule has 1 heterocycles. The lowest BCUT2D eigenvalue weighted by Crippen LogP contribution is -2.17. The van der Waals surface area contributed by atoms with Crippen LogP contribution in [-0.4, -0.2) is 10.1 Å². The van der Waals surface area contributed by atoms with E-state index in [4.69, 9.17) is 4.98 Å². The molecule has 0 unspecified atom stereocenters. The van der Waals surface area contributed by atoms with E-state index in [-0.39, 0.29) is 16.7 Å². The monoisotopic (exact) mass is 437 g/mol. The summed E-state index contributed by atoms with van der Waals surface area (Å²) < 4.78 is 1.08. The number of rotatable bonds is 3. The first-order chi connectivity index (χ1) is 15.3. The molecular weight excluding hydrogens is 414 g/mol. The third kappa shape index (κ3) is 4.35.